The molecular weight excluding hydrogens is 538 g/mol. The lowest BCUT2D eigenvalue weighted by Crippen LogP contribution is -2.42. The first-order chi connectivity index (χ1) is 19.2. The Bertz CT molecular complexity index is 1140. The van der Waals surface area contributed by atoms with Crippen LogP contribution in [-0.4, -0.2) is 25.6 Å². The minimum absolute atomic E-state index is 0.0459. The minimum atomic E-state index is -3.51. The van der Waals surface area contributed by atoms with Crippen LogP contribution in [0.5, 0.6) is 11.5 Å². The molecule has 220 valence electrons. The molecule has 1 aliphatic carbocycles. The first-order valence-electron chi connectivity index (χ1n) is 13.7. The molecule has 0 spiro atoms. The van der Waals surface area contributed by atoms with E-state index < -0.39 is 35.5 Å². The molecule has 2 aliphatic rings. The summed E-state index contributed by atoms with van der Waals surface area (Å²) < 4.78 is 105. The van der Waals surface area contributed by atoms with Crippen LogP contribution in [0.3, 0.4) is 0 Å². The quantitative estimate of drug-likeness (QED) is 0.153. The van der Waals surface area contributed by atoms with E-state index in [4.69, 9.17) is 14.2 Å². The smallest absolute Gasteiger partial charge is 0.400 e. The fraction of sp³-hybridized carbons (Fsp3) is 0.533. The van der Waals surface area contributed by atoms with Gasteiger partial charge in [0.15, 0.2) is 24.1 Å². The number of benzene rings is 2. The van der Waals surface area contributed by atoms with Gasteiger partial charge in [0.1, 0.15) is 11.6 Å². The lowest BCUT2D eigenvalue weighted by Gasteiger charge is -2.39. The molecule has 2 aromatic rings. The van der Waals surface area contributed by atoms with Gasteiger partial charge in [-0.05, 0) is 61.9 Å². The average Bonchev–Trinajstić information content (AvgIpc) is 2.93. The summed E-state index contributed by atoms with van der Waals surface area (Å²) in [5.74, 6) is -3.34. The fourth-order valence-electron chi connectivity index (χ4n) is 5.31. The van der Waals surface area contributed by atoms with E-state index in [0.717, 1.165) is 37.5 Å². The van der Waals surface area contributed by atoms with E-state index in [-0.39, 0.29) is 48.2 Å². The van der Waals surface area contributed by atoms with Crippen LogP contribution in [0.15, 0.2) is 48.7 Å². The third-order valence-corrected chi connectivity index (χ3v) is 7.55. The number of ether oxygens (including phenoxy) is 4. The Balaban J connectivity index is 1.30. The number of unbranched alkanes of at least 4 members (excludes halogenated alkanes) is 2. The third-order valence-electron chi connectivity index (χ3n) is 7.55. The molecule has 1 saturated heterocycles. The lowest BCUT2D eigenvalue weighted by molar-refractivity contribution is -0.247. The van der Waals surface area contributed by atoms with E-state index in [2.05, 4.69) is 11.7 Å². The van der Waals surface area contributed by atoms with Gasteiger partial charge in [-0.2, -0.15) is 17.6 Å². The van der Waals surface area contributed by atoms with Gasteiger partial charge < -0.3 is 18.9 Å². The maximum Gasteiger partial charge on any atom is 0.400 e. The van der Waals surface area contributed by atoms with E-state index in [1.165, 1.54) is 24.6 Å². The van der Waals surface area contributed by atoms with Crippen molar-refractivity contribution in [1.29, 1.82) is 0 Å². The molecule has 4 nitrogen and oxygen atoms in total. The van der Waals surface area contributed by atoms with Crippen molar-refractivity contribution < 1.29 is 45.3 Å². The van der Waals surface area contributed by atoms with Crippen LogP contribution < -0.4 is 9.47 Å². The van der Waals surface area contributed by atoms with Crippen LogP contribution in [0.2, 0.25) is 0 Å². The first kappa shape index (κ1) is 30.2. The Morgan fingerprint density at radius 1 is 0.950 bits per heavy atom. The second kappa shape index (κ2) is 13.8. The molecule has 0 amide bonds. The highest BCUT2D eigenvalue weighted by Crippen LogP contribution is 2.42. The summed E-state index contributed by atoms with van der Waals surface area (Å²) in [5.41, 5.74) is -0.00274. The Kier molecular flexibility index (Phi) is 10.4. The van der Waals surface area contributed by atoms with Gasteiger partial charge in [-0.25, -0.2) is 8.78 Å². The third kappa shape index (κ3) is 7.94. The molecule has 4 rings (SSSR count). The minimum Gasteiger partial charge on any atom is -0.456 e. The molecule has 0 radical (unpaired) electrons. The van der Waals surface area contributed by atoms with E-state index in [0.29, 0.717) is 32.0 Å². The summed E-state index contributed by atoms with van der Waals surface area (Å²) in [5, 5.41) is 0. The zero-order chi connectivity index (χ0) is 28.7. The monoisotopic (exact) mass is 572 g/mol. The molecular formula is C30H34F6O4. The van der Waals surface area contributed by atoms with Crippen LogP contribution in [0.1, 0.15) is 58.3 Å². The highest BCUT2D eigenvalue weighted by Gasteiger charge is 2.45. The van der Waals surface area contributed by atoms with Crippen molar-refractivity contribution in [3.05, 3.63) is 60.4 Å². The van der Waals surface area contributed by atoms with Crippen molar-refractivity contribution in [2.24, 2.45) is 17.8 Å². The summed E-state index contributed by atoms with van der Waals surface area (Å²) >= 11 is 0. The Hall–Kier alpha value is -2.72. The number of hydrogen-bond acceptors (Lipinski definition) is 4. The van der Waals surface area contributed by atoms with E-state index >= 15 is 8.78 Å². The molecule has 0 bridgehead atoms. The summed E-state index contributed by atoms with van der Waals surface area (Å²) in [4.78, 5) is 0. The van der Waals surface area contributed by atoms with Gasteiger partial charge in [0.25, 0.3) is 0 Å². The van der Waals surface area contributed by atoms with Gasteiger partial charge in [-0.15, -0.1) is 0 Å². The van der Waals surface area contributed by atoms with E-state index in [1.807, 2.05) is 0 Å². The molecule has 2 fully saturated rings. The SMILES string of the molecule is CCCCCC1COC(C2CCC(C(F)(F)Oc3ccc(-c4ccc(OC=C(F)F)c(F)c4)c(F)c3)CC2)OC1. The van der Waals surface area contributed by atoms with Crippen molar-refractivity contribution in [3.63, 3.8) is 0 Å². The molecule has 0 atom stereocenters. The summed E-state index contributed by atoms with van der Waals surface area (Å²) in [6.07, 6.45) is 0.0890. The highest BCUT2D eigenvalue weighted by molar-refractivity contribution is 5.66. The molecule has 0 unspecified atom stereocenters. The molecule has 0 aromatic heterocycles. The number of hydrogen-bond donors (Lipinski definition) is 0. The van der Waals surface area contributed by atoms with Gasteiger partial charge >= 0.3 is 12.2 Å². The zero-order valence-electron chi connectivity index (χ0n) is 22.3. The van der Waals surface area contributed by atoms with Crippen LogP contribution in [-0.2, 0) is 9.47 Å². The average molecular weight is 573 g/mol. The van der Waals surface area contributed by atoms with Crippen LogP contribution in [0.4, 0.5) is 26.3 Å². The number of alkyl halides is 2. The Morgan fingerprint density at radius 3 is 2.30 bits per heavy atom. The first-order valence-corrected chi connectivity index (χ1v) is 13.7. The summed E-state index contributed by atoms with van der Waals surface area (Å²) in [6, 6.07) is 6.43. The van der Waals surface area contributed by atoms with Crippen molar-refractivity contribution in [1.82, 2.24) is 0 Å². The summed E-state index contributed by atoms with van der Waals surface area (Å²) in [6.45, 7) is 3.43. The molecule has 1 saturated carbocycles. The Labute approximate surface area is 230 Å². The van der Waals surface area contributed by atoms with Gasteiger partial charge in [-0.3, -0.25) is 0 Å². The van der Waals surface area contributed by atoms with Gasteiger partial charge in [0.05, 0.1) is 19.1 Å². The van der Waals surface area contributed by atoms with E-state index in [1.54, 1.807) is 0 Å². The largest absolute Gasteiger partial charge is 0.456 e. The zero-order valence-corrected chi connectivity index (χ0v) is 22.3. The van der Waals surface area contributed by atoms with Gasteiger partial charge in [-0.1, -0.05) is 32.3 Å². The molecule has 0 N–H and O–H groups in total. The molecule has 1 aliphatic heterocycles. The maximum absolute atomic E-state index is 15.0. The van der Waals surface area contributed by atoms with Gasteiger partial charge in [0, 0.05) is 23.5 Å². The van der Waals surface area contributed by atoms with Crippen LogP contribution in [0, 0.1) is 29.4 Å². The Morgan fingerprint density at radius 2 is 1.68 bits per heavy atom. The van der Waals surface area contributed by atoms with Crippen molar-refractivity contribution >= 4 is 0 Å². The summed E-state index contributed by atoms with van der Waals surface area (Å²) in [7, 11) is 0. The highest BCUT2D eigenvalue weighted by atomic mass is 19.3. The number of rotatable bonds is 11. The lowest BCUT2D eigenvalue weighted by atomic mass is 9.80. The normalized spacial score (nSPS) is 23.5. The topological polar surface area (TPSA) is 36.9 Å². The predicted molar refractivity (Wildman–Crippen MR) is 137 cm³/mol. The fourth-order valence-corrected chi connectivity index (χ4v) is 5.31. The standard InChI is InChI=1S/C30H34F6O4/c1-2-3-4-5-19-16-38-29(39-17-19)20-6-9-22(10-7-20)30(35,36)40-23-11-12-24(25(31)15-23)21-8-13-27(26(32)14-21)37-18-28(33)34/h8,11-15,18-20,22,29H,2-7,9-10,16-17H2,1H3. The second-order valence-electron chi connectivity index (χ2n) is 10.5. The maximum atomic E-state index is 15.0. The van der Waals surface area contributed by atoms with Crippen molar-refractivity contribution in [3.8, 4) is 22.6 Å². The molecule has 1 heterocycles. The van der Waals surface area contributed by atoms with Gasteiger partial charge in [0.2, 0.25) is 0 Å². The predicted octanol–water partition coefficient (Wildman–Crippen LogP) is 9.10. The van der Waals surface area contributed by atoms with Crippen LogP contribution in [0.25, 0.3) is 11.1 Å². The second-order valence-corrected chi connectivity index (χ2v) is 10.5. The molecule has 40 heavy (non-hydrogen) atoms. The number of halogens is 6. The van der Waals surface area contributed by atoms with Crippen molar-refractivity contribution in [2.75, 3.05) is 13.2 Å². The van der Waals surface area contributed by atoms with Crippen molar-refractivity contribution in [2.45, 2.75) is 70.7 Å². The molecule has 10 heteroatoms. The van der Waals surface area contributed by atoms with E-state index in [9.17, 15) is 17.6 Å². The molecule has 2 aromatic carbocycles. The van der Waals surface area contributed by atoms with Crippen LogP contribution >= 0.6 is 0 Å².